The van der Waals surface area contributed by atoms with Gasteiger partial charge in [0.05, 0.1) is 0 Å². The molecule has 4 nitrogen and oxygen atoms in total. The summed E-state index contributed by atoms with van der Waals surface area (Å²) in [5.41, 5.74) is 2.40. The lowest BCUT2D eigenvalue weighted by Crippen LogP contribution is -2.38. The second kappa shape index (κ2) is 7.93. The Morgan fingerprint density at radius 3 is 2.50 bits per heavy atom. The van der Waals surface area contributed by atoms with Crippen LogP contribution in [0.25, 0.3) is 11.5 Å². The van der Waals surface area contributed by atoms with Crippen LogP contribution in [0.15, 0.2) is 28.8 Å². The number of likely N-dealkylation sites (tertiary alicyclic amines) is 1. The Labute approximate surface area is 145 Å². The van der Waals surface area contributed by atoms with E-state index in [1.54, 1.807) is 0 Å². The molecule has 0 bridgehead atoms. The van der Waals surface area contributed by atoms with E-state index >= 15 is 0 Å². The number of benzene rings is 1. The zero-order valence-corrected chi connectivity index (χ0v) is 15.2. The quantitative estimate of drug-likeness (QED) is 0.773. The number of rotatable bonds is 6. The third-order valence-corrected chi connectivity index (χ3v) is 5.09. The Bertz CT molecular complexity index is 625. The van der Waals surface area contributed by atoms with E-state index in [1.165, 1.54) is 18.4 Å². The molecule has 24 heavy (non-hydrogen) atoms. The molecule has 1 saturated heterocycles. The van der Waals surface area contributed by atoms with Gasteiger partial charge in [-0.1, -0.05) is 30.6 Å². The number of aryl methyl sites for hydroxylation is 1. The first-order valence-electron chi connectivity index (χ1n) is 9.34. The van der Waals surface area contributed by atoms with Crippen molar-refractivity contribution in [1.82, 2.24) is 15.0 Å². The lowest BCUT2D eigenvalue weighted by molar-refractivity contribution is 0.168. The number of nitrogens with zero attached hydrogens (tertiary/aromatic N) is 3. The van der Waals surface area contributed by atoms with Gasteiger partial charge in [-0.15, -0.1) is 0 Å². The minimum absolute atomic E-state index is 0.432. The van der Waals surface area contributed by atoms with E-state index in [2.05, 4.69) is 60.1 Å². The fourth-order valence-corrected chi connectivity index (χ4v) is 3.39. The fourth-order valence-electron chi connectivity index (χ4n) is 3.39. The standard InChI is InChI=1S/C20H29N3O/c1-4-5-6-16-7-9-18(10-8-16)20-21-19(22-24-20)17-11-13-23(14-12-17)15(2)3/h7-10,15,17H,4-6,11-14H2,1-3H3. The van der Waals surface area contributed by atoms with Gasteiger partial charge in [-0.05, 0) is 70.3 Å². The number of hydrogen-bond donors (Lipinski definition) is 0. The molecular formula is C20H29N3O. The van der Waals surface area contributed by atoms with Gasteiger partial charge >= 0.3 is 0 Å². The molecule has 1 aromatic carbocycles. The minimum atomic E-state index is 0.432. The summed E-state index contributed by atoms with van der Waals surface area (Å²) in [7, 11) is 0. The maximum absolute atomic E-state index is 5.52. The molecule has 1 aliphatic heterocycles. The molecule has 1 fully saturated rings. The van der Waals surface area contributed by atoms with Crippen LogP contribution in [0.2, 0.25) is 0 Å². The first-order valence-corrected chi connectivity index (χ1v) is 9.34. The van der Waals surface area contributed by atoms with Gasteiger partial charge in [-0.25, -0.2) is 0 Å². The van der Waals surface area contributed by atoms with Crippen LogP contribution in [0.3, 0.4) is 0 Å². The Balaban J connectivity index is 1.63. The van der Waals surface area contributed by atoms with Crippen LogP contribution in [0.4, 0.5) is 0 Å². The number of unbranched alkanes of at least 4 members (excludes halogenated alkanes) is 1. The van der Waals surface area contributed by atoms with Crippen LogP contribution in [0, 0.1) is 0 Å². The molecule has 1 aliphatic rings. The van der Waals surface area contributed by atoms with Gasteiger partial charge in [0.15, 0.2) is 5.82 Å². The zero-order valence-electron chi connectivity index (χ0n) is 15.2. The maximum atomic E-state index is 5.52. The molecule has 0 amide bonds. The highest BCUT2D eigenvalue weighted by Crippen LogP contribution is 2.28. The van der Waals surface area contributed by atoms with E-state index in [0.717, 1.165) is 43.7 Å². The molecule has 0 atom stereocenters. The number of piperidine rings is 1. The molecule has 0 spiro atoms. The van der Waals surface area contributed by atoms with E-state index in [-0.39, 0.29) is 0 Å². The number of aromatic nitrogens is 2. The van der Waals surface area contributed by atoms with Gasteiger partial charge in [-0.2, -0.15) is 4.98 Å². The highest BCUT2D eigenvalue weighted by molar-refractivity contribution is 5.53. The lowest BCUT2D eigenvalue weighted by Gasteiger charge is -2.33. The van der Waals surface area contributed by atoms with Crippen molar-refractivity contribution in [2.75, 3.05) is 13.1 Å². The summed E-state index contributed by atoms with van der Waals surface area (Å²) >= 11 is 0. The topological polar surface area (TPSA) is 42.2 Å². The van der Waals surface area contributed by atoms with Crippen molar-refractivity contribution >= 4 is 0 Å². The highest BCUT2D eigenvalue weighted by Gasteiger charge is 2.25. The van der Waals surface area contributed by atoms with Gasteiger partial charge in [0.1, 0.15) is 0 Å². The first-order chi connectivity index (χ1) is 11.7. The van der Waals surface area contributed by atoms with Gasteiger partial charge in [0.25, 0.3) is 5.89 Å². The Morgan fingerprint density at radius 1 is 1.17 bits per heavy atom. The summed E-state index contributed by atoms with van der Waals surface area (Å²) < 4.78 is 5.52. The highest BCUT2D eigenvalue weighted by atomic mass is 16.5. The largest absolute Gasteiger partial charge is 0.334 e. The van der Waals surface area contributed by atoms with E-state index < -0.39 is 0 Å². The molecule has 0 N–H and O–H groups in total. The normalized spacial score (nSPS) is 16.8. The summed E-state index contributed by atoms with van der Waals surface area (Å²) in [6, 6.07) is 9.18. The third kappa shape index (κ3) is 4.04. The monoisotopic (exact) mass is 327 g/mol. The Morgan fingerprint density at radius 2 is 1.88 bits per heavy atom. The van der Waals surface area contributed by atoms with Crippen LogP contribution in [0.1, 0.15) is 63.8 Å². The van der Waals surface area contributed by atoms with Crippen LogP contribution < -0.4 is 0 Å². The third-order valence-electron chi connectivity index (χ3n) is 5.09. The summed E-state index contributed by atoms with van der Waals surface area (Å²) in [4.78, 5) is 7.19. The molecule has 1 aromatic heterocycles. The van der Waals surface area contributed by atoms with Gasteiger partial charge in [-0.3, -0.25) is 0 Å². The molecular weight excluding hydrogens is 298 g/mol. The second-order valence-corrected chi connectivity index (χ2v) is 7.16. The SMILES string of the molecule is CCCCc1ccc(-c2nc(C3CCN(C(C)C)CC3)no2)cc1. The van der Waals surface area contributed by atoms with Crippen molar-refractivity contribution in [3.63, 3.8) is 0 Å². The zero-order chi connectivity index (χ0) is 16.9. The van der Waals surface area contributed by atoms with Crippen molar-refractivity contribution in [3.8, 4) is 11.5 Å². The fraction of sp³-hybridized carbons (Fsp3) is 0.600. The molecule has 2 heterocycles. The lowest BCUT2D eigenvalue weighted by atomic mass is 9.95. The molecule has 3 rings (SSSR count). The van der Waals surface area contributed by atoms with E-state index in [4.69, 9.17) is 4.52 Å². The average molecular weight is 327 g/mol. The van der Waals surface area contributed by atoms with Crippen molar-refractivity contribution in [2.24, 2.45) is 0 Å². The summed E-state index contributed by atoms with van der Waals surface area (Å²) in [5, 5.41) is 4.25. The maximum Gasteiger partial charge on any atom is 0.257 e. The van der Waals surface area contributed by atoms with Crippen molar-refractivity contribution in [2.45, 2.75) is 64.8 Å². The molecule has 0 radical (unpaired) electrons. The van der Waals surface area contributed by atoms with Gasteiger partial charge < -0.3 is 9.42 Å². The minimum Gasteiger partial charge on any atom is -0.334 e. The van der Waals surface area contributed by atoms with Crippen LogP contribution in [-0.2, 0) is 6.42 Å². The van der Waals surface area contributed by atoms with Crippen molar-refractivity contribution in [1.29, 1.82) is 0 Å². The van der Waals surface area contributed by atoms with E-state index in [9.17, 15) is 0 Å². The summed E-state index contributed by atoms with van der Waals surface area (Å²) in [6.45, 7) is 8.99. The predicted molar refractivity (Wildman–Crippen MR) is 97.0 cm³/mol. The average Bonchev–Trinajstić information content (AvgIpc) is 3.10. The Hall–Kier alpha value is -1.68. The smallest absolute Gasteiger partial charge is 0.257 e. The van der Waals surface area contributed by atoms with Crippen molar-refractivity contribution in [3.05, 3.63) is 35.7 Å². The Kier molecular flexibility index (Phi) is 5.67. The van der Waals surface area contributed by atoms with E-state index in [1.807, 2.05) is 0 Å². The van der Waals surface area contributed by atoms with Crippen LogP contribution >= 0.6 is 0 Å². The molecule has 0 aliphatic carbocycles. The predicted octanol–water partition coefficient (Wildman–Crippen LogP) is 4.67. The van der Waals surface area contributed by atoms with Crippen LogP contribution in [0.5, 0.6) is 0 Å². The van der Waals surface area contributed by atoms with E-state index in [0.29, 0.717) is 17.9 Å². The molecule has 2 aromatic rings. The van der Waals surface area contributed by atoms with Crippen molar-refractivity contribution < 1.29 is 4.52 Å². The summed E-state index contributed by atoms with van der Waals surface area (Å²) in [6.07, 6.45) is 5.84. The molecule has 0 saturated carbocycles. The van der Waals surface area contributed by atoms with Gasteiger partial charge in [0, 0.05) is 17.5 Å². The molecule has 0 unspecified atom stereocenters. The molecule has 130 valence electrons. The molecule has 4 heteroatoms. The van der Waals surface area contributed by atoms with Crippen LogP contribution in [-0.4, -0.2) is 34.2 Å². The van der Waals surface area contributed by atoms with Gasteiger partial charge in [0.2, 0.25) is 0 Å². The first kappa shape index (κ1) is 17.2. The second-order valence-electron chi connectivity index (χ2n) is 7.16. The number of hydrogen-bond acceptors (Lipinski definition) is 4. The summed E-state index contributed by atoms with van der Waals surface area (Å²) in [5.74, 6) is 1.96.